The Morgan fingerprint density at radius 3 is 2.32 bits per heavy atom. The van der Waals surface area contributed by atoms with Gasteiger partial charge in [0.2, 0.25) is 0 Å². The molecular formula is C15H23NO3. The van der Waals surface area contributed by atoms with Crippen LogP contribution >= 0.6 is 0 Å². The molecule has 1 unspecified atom stereocenters. The molecule has 0 saturated heterocycles. The maximum atomic E-state index is 10.7. The SMILES string of the molecule is COc1c(C)cc(CN(C)C(C)CC(=O)O)cc1C. The van der Waals surface area contributed by atoms with Gasteiger partial charge in [-0.1, -0.05) is 12.1 Å². The van der Waals surface area contributed by atoms with E-state index in [9.17, 15) is 4.79 Å². The van der Waals surface area contributed by atoms with E-state index in [1.165, 1.54) is 5.56 Å². The molecule has 4 nitrogen and oxygen atoms in total. The molecular weight excluding hydrogens is 242 g/mol. The third-order valence-electron chi connectivity index (χ3n) is 3.38. The van der Waals surface area contributed by atoms with Crippen LogP contribution in [0.15, 0.2) is 12.1 Å². The normalized spacial score (nSPS) is 12.5. The highest BCUT2D eigenvalue weighted by molar-refractivity contribution is 5.67. The van der Waals surface area contributed by atoms with Crippen LogP contribution in [0.4, 0.5) is 0 Å². The van der Waals surface area contributed by atoms with Gasteiger partial charge in [-0.05, 0) is 44.5 Å². The monoisotopic (exact) mass is 265 g/mol. The van der Waals surface area contributed by atoms with Crippen LogP contribution in [0.2, 0.25) is 0 Å². The van der Waals surface area contributed by atoms with Crippen molar-refractivity contribution in [3.8, 4) is 5.75 Å². The molecule has 0 aliphatic heterocycles. The first-order chi connectivity index (χ1) is 8.85. The second-order valence-electron chi connectivity index (χ2n) is 5.12. The minimum atomic E-state index is -0.763. The number of carbonyl (C=O) groups is 1. The van der Waals surface area contributed by atoms with Crippen LogP contribution in [-0.2, 0) is 11.3 Å². The lowest BCUT2D eigenvalue weighted by Crippen LogP contribution is -2.30. The van der Waals surface area contributed by atoms with Gasteiger partial charge >= 0.3 is 5.97 Å². The molecule has 0 aliphatic carbocycles. The maximum absolute atomic E-state index is 10.7. The third kappa shape index (κ3) is 4.24. The van der Waals surface area contributed by atoms with E-state index in [0.29, 0.717) is 0 Å². The smallest absolute Gasteiger partial charge is 0.304 e. The molecule has 0 heterocycles. The number of aliphatic carboxylic acids is 1. The number of rotatable bonds is 6. The molecule has 0 aromatic heterocycles. The molecule has 106 valence electrons. The van der Waals surface area contributed by atoms with E-state index >= 15 is 0 Å². The molecule has 1 aromatic carbocycles. The van der Waals surface area contributed by atoms with Crippen LogP contribution in [-0.4, -0.2) is 36.2 Å². The number of benzene rings is 1. The lowest BCUT2D eigenvalue weighted by Gasteiger charge is -2.24. The van der Waals surface area contributed by atoms with Crippen molar-refractivity contribution in [2.24, 2.45) is 0 Å². The molecule has 0 aliphatic rings. The summed E-state index contributed by atoms with van der Waals surface area (Å²) in [5, 5.41) is 8.81. The van der Waals surface area contributed by atoms with Crippen molar-refractivity contribution in [2.45, 2.75) is 39.8 Å². The van der Waals surface area contributed by atoms with Crippen molar-refractivity contribution in [1.29, 1.82) is 0 Å². The van der Waals surface area contributed by atoms with E-state index in [4.69, 9.17) is 9.84 Å². The van der Waals surface area contributed by atoms with Crippen LogP contribution in [0.25, 0.3) is 0 Å². The standard InChI is InChI=1S/C15H23NO3/c1-10-6-13(7-11(2)15(10)19-5)9-16(4)12(3)8-14(17)18/h6-7,12H,8-9H2,1-5H3,(H,17,18). The van der Waals surface area contributed by atoms with E-state index in [1.54, 1.807) is 7.11 Å². The molecule has 1 rings (SSSR count). The number of nitrogens with zero attached hydrogens (tertiary/aromatic N) is 1. The number of carboxylic acids is 1. The van der Waals surface area contributed by atoms with Crippen LogP contribution in [0.5, 0.6) is 5.75 Å². The molecule has 1 aromatic rings. The summed E-state index contributed by atoms with van der Waals surface area (Å²) < 4.78 is 5.34. The van der Waals surface area contributed by atoms with Crippen LogP contribution in [0.1, 0.15) is 30.0 Å². The molecule has 19 heavy (non-hydrogen) atoms. The van der Waals surface area contributed by atoms with Gasteiger partial charge in [0.25, 0.3) is 0 Å². The summed E-state index contributed by atoms with van der Waals surface area (Å²) in [5.74, 6) is 0.159. The molecule has 0 fully saturated rings. The fourth-order valence-corrected chi connectivity index (χ4v) is 2.31. The quantitative estimate of drug-likeness (QED) is 0.859. The molecule has 0 spiro atoms. The molecule has 1 N–H and O–H groups in total. The van der Waals surface area contributed by atoms with Gasteiger partial charge in [0.05, 0.1) is 13.5 Å². The number of hydrogen-bond donors (Lipinski definition) is 1. The second-order valence-corrected chi connectivity index (χ2v) is 5.12. The van der Waals surface area contributed by atoms with Gasteiger partial charge in [-0.15, -0.1) is 0 Å². The summed E-state index contributed by atoms with van der Waals surface area (Å²) in [6.45, 7) is 6.71. The van der Waals surface area contributed by atoms with Gasteiger partial charge < -0.3 is 9.84 Å². The Balaban J connectivity index is 2.80. The third-order valence-corrected chi connectivity index (χ3v) is 3.38. The van der Waals surface area contributed by atoms with Crippen molar-refractivity contribution < 1.29 is 14.6 Å². The summed E-state index contributed by atoms with van der Waals surface area (Å²) in [4.78, 5) is 12.8. The first kappa shape index (κ1) is 15.5. The van der Waals surface area contributed by atoms with Crippen molar-refractivity contribution in [1.82, 2.24) is 4.90 Å². The highest BCUT2D eigenvalue weighted by atomic mass is 16.5. The minimum absolute atomic E-state index is 0.0141. The van der Waals surface area contributed by atoms with E-state index in [-0.39, 0.29) is 12.5 Å². The summed E-state index contributed by atoms with van der Waals surface area (Å²) in [6.07, 6.45) is 0.157. The summed E-state index contributed by atoms with van der Waals surface area (Å²) in [6, 6.07) is 4.20. The fraction of sp³-hybridized carbons (Fsp3) is 0.533. The predicted octanol–water partition coefficient (Wildman–Crippen LogP) is 2.61. The number of methoxy groups -OCH3 is 1. The van der Waals surface area contributed by atoms with Gasteiger partial charge in [0.1, 0.15) is 5.75 Å². The zero-order chi connectivity index (χ0) is 14.6. The summed E-state index contributed by atoms with van der Waals surface area (Å²) in [7, 11) is 3.62. The van der Waals surface area contributed by atoms with Gasteiger partial charge in [-0.25, -0.2) is 0 Å². The summed E-state index contributed by atoms with van der Waals surface area (Å²) >= 11 is 0. The van der Waals surface area contributed by atoms with Crippen LogP contribution in [0, 0.1) is 13.8 Å². The topological polar surface area (TPSA) is 49.8 Å². The first-order valence-corrected chi connectivity index (χ1v) is 6.41. The lowest BCUT2D eigenvalue weighted by molar-refractivity contribution is -0.138. The van der Waals surface area contributed by atoms with Gasteiger partial charge in [-0.2, -0.15) is 0 Å². The highest BCUT2D eigenvalue weighted by Crippen LogP contribution is 2.25. The Morgan fingerprint density at radius 1 is 1.37 bits per heavy atom. The Kier molecular flexibility index (Phi) is 5.36. The molecule has 0 amide bonds. The van der Waals surface area contributed by atoms with E-state index in [2.05, 4.69) is 17.0 Å². The Hall–Kier alpha value is -1.55. The zero-order valence-corrected chi connectivity index (χ0v) is 12.4. The summed E-state index contributed by atoms with van der Waals surface area (Å²) in [5.41, 5.74) is 3.39. The molecule has 0 bridgehead atoms. The highest BCUT2D eigenvalue weighted by Gasteiger charge is 2.14. The lowest BCUT2D eigenvalue weighted by atomic mass is 10.0. The zero-order valence-electron chi connectivity index (χ0n) is 12.4. The van der Waals surface area contributed by atoms with Crippen molar-refractivity contribution in [3.63, 3.8) is 0 Å². The van der Waals surface area contributed by atoms with Gasteiger partial charge in [-0.3, -0.25) is 9.69 Å². The van der Waals surface area contributed by atoms with Crippen molar-refractivity contribution in [3.05, 3.63) is 28.8 Å². The molecule has 0 saturated carbocycles. The number of hydrogen-bond acceptors (Lipinski definition) is 3. The van der Waals surface area contributed by atoms with Gasteiger partial charge in [0, 0.05) is 12.6 Å². The number of carboxylic acid groups (broad SMARTS) is 1. The average Bonchev–Trinajstić information content (AvgIpc) is 2.27. The van der Waals surface area contributed by atoms with Crippen molar-refractivity contribution in [2.75, 3.05) is 14.2 Å². The van der Waals surface area contributed by atoms with E-state index in [0.717, 1.165) is 23.4 Å². The maximum Gasteiger partial charge on any atom is 0.304 e. The number of aryl methyl sites for hydroxylation is 2. The Morgan fingerprint density at radius 2 is 1.89 bits per heavy atom. The largest absolute Gasteiger partial charge is 0.496 e. The van der Waals surface area contributed by atoms with Gasteiger partial charge in [0.15, 0.2) is 0 Å². The molecule has 0 radical (unpaired) electrons. The van der Waals surface area contributed by atoms with Crippen LogP contribution in [0.3, 0.4) is 0 Å². The van der Waals surface area contributed by atoms with E-state index < -0.39 is 5.97 Å². The average molecular weight is 265 g/mol. The fourth-order valence-electron chi connectivity index (χ4n) is 2.31. The second kappa shape index (κ2) is 6.57. The molecule has 1 atom stereocenters. The van der Waals surface area contributed by atoms with E-state index in [1.807, 2.05) is 27.8 Å². The van der Waals surface area contributed by atoms with Crippen LogP contribution < -0.4 is 4.74 Å². The Labute approximate surface area is 115 Å². The van der Waals surface area contributed by atoms with Crippen molar-refractivity contribution >= 4 is 5.97 Å². The minimum Gasteiger partial charge on any atom is -0.496 e. The molecule has 4 heteroatoms. The number of ether oxygens (including phenoxy) is 1. The first-order valence-electron chi connectivity index (χ1n) is 6.41. The predicted molar refractivity (Wildman–Crippen MR) is 75.6 cm³/mol. The Bertz CT molecular complexity index is 434.